The molecular weight excluding hydrogens is 128 g/mol. The summed E-state index contributed by atoms with van der Waals surface area (Å²) < 4.78 is 10.3. The van der Waals surface area contributed by atoms with Crippen LogP contribution in [0.15, 0.2) is 12.3 Å². The van der Waals surface area contributed by atoms with Gasteiger partial charge in [0, 0.05) is 0 Å². The number of hydrogen-bond donors (Lipinski definition) is 0. The molecule has 0 saturated carbocycles. The van der Waals surface area contributed by atoms with E-state index in [4.69, 9.17) is 15.9 Å². The zero-order valence-corrected chi connectivity index (χ0v) is 5.96. The minimum Gasteiger partial charge on any atom is -0.499 e. The first-order chi connectivity index (χ1) is 4.77. The summed E-state index contributed by atoms with van der Waals surface area (Å²) >= 11 is 0. The third kappa shape index (κ3) is 1.52. The molecule has 0 N–H and O–H groups in total. The minimum absolute atomic E-state index is 0.549. The van der Waals surface area contributed by atoms with E-state index in [9.17, 15) is 0 Å². The molecule has 0 saturated heterocycles. The highest BCUT2D eigenvalue weighted by atomic mass is 16.5. The average Bonchev–Trinajstić information content (AvgIpc) is 2.15. The second-order valence-electron chi connectivity index (χ2n) is 2.27. The van der Waals surface area contributed by atoms with E-state index in [0.29, 0.717) is 13.2 Å². The van der Waals surface area contributed by atoms with E-state index in [0.717, 1.165) is 0 Å². The lowest BCUT2D eigenvalue weighted by atomic mass is 10.1. The molecule has 1 aliphatic rings. The molecule has 0 aromatic carbocycles. The molecule has 2 nitrogen and oxygen atoms in total. The van der Waals surface area contributed by atoms with Crippen molar-refractivity contribution in [2.24, 2.45) is 0 Å². The second-order valence-corrected chi connectivity index (χ2v) is 2.27. The molecule has 1 rings (SSSR count). The highest BCUT2D eigenvalue weighted by Gasteiger charge is 2.19. The molecule has 1 aliphatic heterocycles. The van der Waals surface area contributed by atoms with Crippen molar-refractivity contribution in [2.75, 3.05) is 13.2 Å². The van der Waals surface area contributed by atoms with Gasteiger partial charge in [-0.05, 0) is 13.0 Å². The fraction of sp³-hybridized carbons (Fsp3) is 0.500. The van der Waals surface area contributed by atoms with Gasteiger partial charge in [0.05, 0.1) is 12.9 Å². The summed E-state index contributed by atoms with van der Waals surface area (Å²) in [4.78, 5) is 0. The predicted octanol–water partition coefficient (Wildman–Crippen LogP) is 0.939. The molecule has 0 fully saturated rings. The fourth-order valence-electron chi connectivity index (χ4n) is 0.686. The number of ether oxygens (including phenoxy) is 2. The van der Waals surface area contributed by atoms with Crippen LogP contribution in [-0.4, -0.2) is 18.8 Å². The largest absolute Gasteiger partial charge is 0.499 e. The Morgan fingerprint density at radius 1 is 1.60 bits per heavy atom. The molecule has 0 aliphatic carbocycles. The van der Waals surface area contributed by atoms with Gasteiger partial charge >= 0.3 is 0 Å². The maximum absolute atomic E-state index is 5.29. The molecule has 1 heterocycles. The van der Waals surface area contributed by atoms with Gasteiger partial charge in [0.2, 0.25) is 0 Å². The lowest BCUT2D eigenvalue weighted by Gasteiger charge is -2.16. The molecule has 0 bridgehead atoms. The van der Waals surface area contributed by atoms with Crippen LogP contribution in [0.4, 0.5) is 0 Å². The van der Waals surface area contributed by atoms with E-state index in [1.807, 2.05) is 6.92 Å². The monoisotopic (exact) mass is 138 g/mol. The van der Waals surface area contributed by atoms with Crippen LogP contribution in [-0.2, 0) is 9.47 Å². The Bertz CT molecular complexity index is 178. The summed E-state index contributed by atoms with van der Waals surface area (Å²) in [5, 5.41) is 0. The van der Waals surface area contributed by atoms with Crippen molar-refractivity contribution in [3.05, 3.63) is 12.3 Å². The van der Waals surface area contributed by atoms with Gasteiger partial charge in [0.1, 0.15) is 12.2 Å². The predicted molar refractivity (Wildman–Crippen MR) is 38.3 cm³/mol. The molecule has 0 aromatic rings. The minimum atomic E-state index is -0.573. The molecule has 0 aromatic heterocycles. The van der Waals surface area contributed by atoms with Gasteiger partial charge < -0.3 is 9.47 Å². The number of rotatable bonds is 0. The number of hydrogen-bond acceptors (Lipinski definition) is 2. The topological polar surface area (TPSA) is 18.5 Å². The van der Waals surface area contributed by atoms with Crippen molar-refractivity contribution in [3.8, 4) is 12.3 Å². The van der Waals surface area contributed by atoms with Crippen LogP contribution < -0.4 is 0 Å². The summed E-state index contributed by atoms with van der Waals surface area (Å²) in [6, 6.07) is 0. The van der Waals surface area contributed by atoms with E-state index in [1.165, 1.54) is 0 Å². The molecule has 0 amide bonds. The normalized spacial score (nSPS) is 32.0. The molecule has 0 radical (unpaired) electrons. The highest BCUT2D eigenvalue weighted by molar-refractivity contribution is 5.17. The first kappa shape index (κ1) is 7.17. The molecule has 10 heavy (non-hydrogen) atoms. The average molecular weight is 138 g/mol. The first-order valence-corrected chi connectivity index (χ1v) is 3.18. The standard InChI is InChI=1S/C8H10O2/c1-3-8(2)4-5-9-6-7-10-8/h1,4-5H,6-7H2,2H3/t8-/m0/s1. The van der Waals surface area contributed by atoms with Crippen LogP contribution in [0.3, 0.4) is 0 Å². The van der Waals surface area contributed by atoms with Gasteiger partial charge in [-0.3, -0.25) is 0 Å². The third-order valence-corrected chi connectivity index (χ3v) is 1.37. The Balaban J connectivity index is 2.67. The van der Waals surface area contributed by atoms with Crippen LogP contribution in [0.25, 0.3) is 0 Å². The fourth-order valence-corrected chi connectivity index (χ4v) is 0.686. The van der Waals surface area contributed by atoms with Crippen LogP contribution in [0, 0.1) is 12.3 Å². The Labute approximate surface area is 60.8 Å². The van der Waals surface area contributed by atoms with E-state index < -0.39 is 5.60 Å². The summed E-state index contributed by atoms with van der Waals surface area (Å²) in [6.45, 7) is 2.96. The lowest BCUT2D eigenvalue weighted by molar-refractivity contribution is 0.0355. The van der Waals surface area contributed by atoms with E-state index in [2.05, 4.69) is 5.92 Å². The maximum atomic E-state index is 5.29. The Hall–Kier alpha value is -0.940. The van der Waals surface area contributed by atoms with Crippen molar-refractivity contribution in [2.45, 2.75) is 12.5 Å². The van der Waals surface area contributed by atoms with E-state index >= 15 is 0 Å². The quantitative estimate of drug-likeness (QED) is 0.464. The maximum Gasteiger partial charge on any atom is 0.147 e. The van der Waals surface area contributed by atoms with E-state index in [-0.39, 0.29) is 0 Å². The van der Waals surface area contributed by atoms with Gasteiger partial charge in [-0.2, -0.15) is 0 Å². The summed E-state index contributed by atoms with van der Waals surface area (Å²) in [5.74, 6) is 2.53. The summed E-state index contributed by atoms with van der Waals surface area (Å²) in [7, 11) is 0. The first-order valence-electron chi connectivity index (χ1n) is 3.18. The molecule has 0 spiro atoms. The van der Waals surface area contributed by atoms with Gasteiger partial charge in [0.25, 0.3) is 0 Å². The number of terminal acetylenes is 1. The summed E-state index contributed by atoms with van der Waals surface area (Å²) in [5.41, 5.74) is -0.573. The van der Waals surface area contributed by atoms with Crippen molar-refractivity contribution in [1.82, 2.24) is 0 Å². The molecule has 2 heteroatoms. The van der Waals surface area contributed by atoms with Crippen LogP contribution in [0.1, 0.15) is 6.92 Å². The smallest absolute Gasteiger partial charge is 0.147 e. The summed E-state index contributed by atoms with van der Waals surface area (Å²) in [6.07, 6.45) is 8.55. The molecule has 1 atom stereocenters. The Morgan fingerprint density at radius 3 is 3.10 bits per heavy atom. The third-order valence-electron chi connectivity index (χ3n) is 1.37. The SMILES string of the molecule is C#C[C@@]1(C)C=COCCO1. The van der Waals surface area contributed by atoms with Crippen molar-refractivity contribution >= 4 is 0 Å². The van der Waals surface area contributed by atoms with E-state index in [1.54, 1.807) is 12.3 Å². The highest BCUT2D eigenvalue weighted by Crippen LogP contribution is 2.12. The van der Waals surface area contributed by atoms with Crippen LogP contribution in [0.5, 0.6) is 0 Å². The molecule has 0 unspecified atom stereocenters. The van der Waals surface area contributed by atoms with Crippen LogP contribution in [0.2, 0.25) is 0 Å². The lowest BCUT2D eigenvalue weighted by Crippen LogP contribution is -2.23. The molecule has 54 valence electrons. The molecular formula is C8H10O2. The van der Waals surface area contributed by atoms with Gasteiger partial charge in [-0.1, -0.05) is 5.92 Å². The van der Waals surface area contributed by atoms with Gasteiger partial charge in [0.15, 0.2) is 0 Å². The zero-order valence-electron chi connectivity index (χ0n) is 5.96. The van der Waals surface area contributed by atoms with Gasteiger partial charge in [-0.15, -0.1) is 6.42 Å². The second kappa shape index (κ2) is 2.76. The van der Waals surface area contributed by atoms with Gasteiger partial charge in [-0.25, -0.2) is 0 Å². The Morgan fingerprint density at radius 2 is 2.40 bits per heavy atom. The zero-order chi connectivity index (χ0) is 7.45. The van der Waals surface area contributed by atoms with Crippen LogP contribution >= 0.6 is 0 Å². The van der Waals surface area contributed by atoms with Crippen molar-refractivity contribution < 1.29 is 9.47 Å². The van der Waals surface area contributed by atoms with Crippen molar-refractivity contribution in [1.29, 1.82) is 0 Å². The Kier molecular flexibility index (Phi) is 1.98. The van der Waals surface area contributed by atoms with Crippen molar-refractivity contribution in [3.63, 3.8) is 0 Å².